The summed E-state index contributed by atoms with van der Waals surface area (Å²) < 4.78 is 0. The van der Waals surface area contributed by atoms with Gasteiger partial charge in [0.15, 0.2) is 0 Å². The van der Waals surface area contributed by atoms with Gasteiger partial charge >= 0.3 is 0 Å². The Hall–Kier alpha value is -2.40. The fraction of sp³-hybridized carbons (Fsp3) is 0.133. The maximum Gasteiger partial charge on any atom is 0.224 e. The van der Waals surface area contributed by atoms with Crippen LogP contribution in [-0.2, 0) is 4.79 Å². The SMILES string of the molecule is CCC(=O)Nc1ccc2nn(-c3cccc(Cl)c3)nc2c1. The quantitative estimate of drug-likeness (QED) is 0.806. The standard InChI is InChI=1S/C15H13ClN4O/c1-2-15(21)17-11-6-7-13-14(9-11)19-20(18-13)12-5-3-4-10(16)8-12/h3-9H,2H2,1H3,(H,17,21). The topological polar surface area (TPSA) is 59.8 Å². The molecule has 6 heteroatoms. The molecule has 0 saturated heterocycles. The molecule has 0 atom stereocenters. The monoisotopic (exact) mass is 300 g/mol. The lowest BCUT2D eigenvalue weighted by atomic mass is 10.2. The first kappa shape index (κ1) is 13.6. The molecule has 21 heavy (non-hydrogen) atoms. The van der Waals surface area contributed by atoms with Gasteiger partial charge in [0.25, 0.3) is 0 Å². The van der Waals surface area contributed by atoms with E-state index in [-0.39, 0.29) is 5.91 Å². The van der Waals surface area contributed by atoms with E-state index in [1.807, 2.05) is 31.2 Å². The van der Waals surface area contributed by atoms with Crippen molar-refractivity contribution in [1.82, 2.24) is 15.0 Å². The molecule has 3 aromatic rings. The molecule has 106 valence electrons. The number of carbonyl (C=O) groups excluding carboxylic acids is 1. The molecular formula is C15H13ClN4O. The van der Waals surface area contributed by atoms with E-state index in [9.17, 15) is 4.79 Å². The van der Waals surface area contributed by atoms with E-state index in [2.05, 4.69) is 15.5 Å². The number of rotatable bonds is 3. The molecule has 0 spiro atoms. The zero-order valence-electron chi connectivity index (χ0n) is 11.4. The number of benzene rings is 2. The van der Waals surface area contributed by atoms with Crippen LogP contribution in [0, 0.1) is 0 Å². The predicted molar refractivity (Wildman–Crippen MR) is 82.8 cm³/mol. The van der Waals surface area contributed by atoms with Gasteiger partial charge in [-0.25, -0.2) is 0 Å². The van der Waals surface area contributed by atoms with Crippen molar-refractivity contribution in [2.75, 3.05) is 5.32 Å². The molecule has 3 rings (SSSR count). The average molecular weight is 301 g/mol. The maximum absolute atomic E-state index is 11.4. The summed E-state index contributed by atoms with van der Waals surface area (Å²) in [6.07, 6.45) is 0.438. The number of aromatic nitrogens is 3. The molecule has 0 unspecified atom stereocenters. The van der Waals surface area contributed by atoms with Gasteiger partial charge in [-0.3, -0.25) is 4.79 Å². The third-order valence-electron chi connectivity index (χ3n) is 3.02. The largest absolute Gasteiger partial charge is 0.326 e. The molecule has 2 aromatic carbocycles. The Morgan fingerprint density at radius 2 is 2.00 bits per heavy atom. The van der Waals surface area contributed by atoms with Crippen molar-refractivity contribution in [3.8, 4) is 5.69 Å². The zero-order valence-corrected chi connectivity index (χ0v) is 12.1. The van der Waals surface area contributed by atoms with Crippen LogP contribution in [0.3, 0.4) is 0 Å². The summed E-state index contributed by atoms with van der Waals surface area (Å²) in [5, 5.41) is 12.2. The van der Waals surface area contributed by atoms with Crippen LogP contribution in [0.15, 0.2) is 42.5 Å². The minimum absolute atomic E-state index is 0.0309. The van der Waals surface area contributed by atoms with Gasteiger partial charge in [-0.05, 0) is 36.4 Å². The highest BCUT2D eigenvalue weighted by Crippen LogP contribution is 2.19. The Morgan fingerprint density at radius 1 is 1.19 bits per heavy atom. The van der Waals surface area contributed by atoms with Crippen LogP contribution in [0.25, 0.3) is 16.7 Å². The van der Waals surface area contributed by atoms with Gasteiger partial charge in [-0.2, -0.15) is 4.80 Å². The van der Waals surface area contributed by atoms with E-state index < -0.39 is 0 Å². The highest BCUT2D eigenvalue weighted by molar-refractivity contribution is 6.30. The minimum Gasteiger partial charge on any atom is -0.326 e. The van der Waals surface area contributed by atoms with E-state index in [4.69, 9.17) is 11.6 Å². The number of hydrogen-bond donors (Lipinski definition) is 1. The van der Waals surface area contributed by atoms with Crippen molar-refractivity contribution in [1.29, 1.82) is 0 Å². The fourth-order valence-electron chi connectivity index (χ4n) is 1.96. The summed E-state index contributed by atoms with van der Waals surface area (Å²) in [4.78, 5) is 12.9. The lowest BCUT2D eigenvalue weighted by Crippen LogP contribution is -2.09. The number of carbonyl (C=O) groups is 1. The summed E-state index contributed by atoms with van der Waals surface area (Å²) in [7, 11) is 0. The minimum atomic E-state index is -0.0309. The number of anilines is 1. The number of nitrogens with zero attached hydrogens (tertiary/aromatic N) is 3. The molecule has 0 fully saturated rings. The molecular weight excluding hydrogens is 288 g/mol. The molecule has 1 heterocycles. The second kappa shape index (κ2) is 5.54. The summed E-state index contributed by atoms with van der Waals surface area (Å²) in [6.45, 7) is 1.81. The van der Waals surface area contributed by atoms with Gasteiger partial charge in [0.2, 0.25) is 5.91 Å². The summed E-state index contributed by atoms with van der Waals surface area (Å²) in [6, 6.07) is 12.8. The smallest absolute Gasteiger partial charge is 0.224 e. The number of nitrogens with one attached hydrogen (secondary N) is 1. The first-order valence-corrected chi connectivity index (χ1v) is 6.96. The van der Waals surface area contributed by atoms with E-state index >= 15 is 0 Å². The van der Waals surface area contributed by atoms with E-state index in [0.29, 0.717) is 22.6 Å². The van der Waals surface area contributed by atoms with Crippen LogP contribution in [0.2, 0.25) is 5.02 Å². The Bertz CT molecular complexity index is 812. The number of hydrogen-bond acceptors (Lipinski definition) is 3. The molecule has 0 aliphatic carbocycles. The molecule has 1 amide bonds. The Balaban J connectivity index is 1.98. The van der Waals surface area contributed by atoms with Gasteiger partial charge in [0, 0.05) is 17.1 Å². The van der Waals surface area contributed by atoms with E-state index in [1.54, 1.807) is 18.2 Å². The zero-order chi connectivity index (χ0) is 14.8. The number of amides is 1. The highest BCUT2D eigenvalue weighted by atomic mass is 35.5. The Labute approximate surface area is 126 Å². The van der Waals surface area contributed by atoms with Crippen LogP contribution < -0.4 is 5.32 Å². The Kier molecular flexibility index (Phi) is 3.58. The molecule has 1 N–H and O–H groups in total. The third kappa shape index (κ3) is 2.87. The Morgan fingerprint density at radius 3 is 2.76 bits per heavy atom. The first-order chi connectivity index (χ1) is 10.2. The lowest BCUT2D eigenvalue weighted by Gasteiger charge is -2.01. The van der Waals surface area contributed by atoms with Gasteiger partial charge in [-0.1, -0.05) is 24.6 Å². The fourth-order valence-corrected chi connectivity index (χ4v) is 2.14. The molecule has 0 aliphatic heterocycles. The molecule has 0 bridgehead atoms. The average Bonchev–Trinajstić information content (AvgIpc) is 2.90. The van der Waals surface area contributed by atoms with Crippen LogP contribution in [0.5, 0.6) is 0 Å². The van der Waals surface area contributed by atoms with Crippen LogP contribution in [0.1, 0.15) is 13.3 Å². The molecule has 0 aliphatic rings. The van der Waals surface area contributed by atoms with E-state index in [0.717, 1.165) is 11.2 Å². The van der Waals surface area contributed by atoms with Gasteiger partial charge in [-0.15, -0.1) is 10.2 Å². The van der Waals surface area contributed by atoms with Crippen molar-refractivity contribution in [2.45, 2.75) is 13.3 Å². The molecule has 0 radical (unpaired) electrons. The summed E-state index contributed by atoms with van der Waals surface area (Å²) in [5.74, 6) is -0.0309. The second-order valence-corrected chi connectivity index (χ2v) is 5.01. The van der Waals surface area contributed by atoms with Crippen molar-refractivity contribution in [3.05, 3.63) is 47.5 Å². The van der Waals surface area contributed by atoms with Crippen molar-refractivity contribution in [2.24, 2.45) is 0 Å². The van der Waals surface area contributed by atoms with Crippen molar-refractivity contribution >= 4 is 34.2 Å². The van der Waals surface area contributed by atoms with Gasteiger partial charge in [0.1, 0.15) is 11.0 Å². The maximum atomic E-state index is 11.4. The van der Waals surface area contributed by atoms with Crippen LogP contribution >= 0.6 is 11.6 Å². The molecule has 1 aromatic heterocycles. The van der Waals surface area contributed by atoms with Crippen molar-refractivity contribution in [3.63, 3.8) is 0 Å². The van der Waals surface area contributed by atoms with Crippen LogP contribution in [0.4, 0.5) is 5.69 Å². The first-order valence-electron chi connectivity index (χ1n) is 6.58. The van der Waals surface area contributed by atoms with Crippen LogP contribution in [-0.4, -0.2) is 20.9 Å². The molecule has 0 saturated carbocycles. The van der Waals surface area contributed by atoms with Gasteiger partial charge < -0.3 is 5.32 Å². The third-order valence-corrected chi connectivity index (χ3v) is 3.26. The highest BCUT2D eigenvalue weighted by Gasteiger charge is 2.07. The summed E-state index contributed by atoms with van der Waals surface area (Å²) in [5.41, 5.74) is 2.97. The van der Waals surface area contributed by atoms with Gasteiger partial charge in [0.05, 0.1) is 5.69 Å². The van der Waals surface area contributed by atoms with E-state index in [1.165, 1.54) is 4.80 Å². The lowest BCUT2D eigenvalue weighted by molar-refractivity contribution is -0.115. The normalized spacial score (nSPS) is 10.8. The summed E-state index contributed by atoms with van der Waals surface area (Å²) >= 11 is 5.98. The second-order valence-electron chi connectivity index (χ2n) is 4.57. The predicted octanol–water partition coefficient (Wildman–Crippen LogP) is 3.42. The number of halogens is 1. The molecule has 5 nitrogen and oxygen atoms in total. The van der Waals surface area contributed by atoms with Crippen molar-refractivity contribution < 1.29 is 4.79 Å². The number of fused-ring (bicyclic) bond motifs is 1.